The van der Waals surface area contributed by atoms with Crippen LogP contribution in [0.3, 0.4) is 0 Å². The quantitative estimate of drug-likeness (QED) is 0.181. The number of fused-ring (bicyclic) bond motifs is 4. The summed E-state index contributed by atoms with van der Waals surface area (Å²) in [5.74, 6) is -6.07. The molecule has 0 aliphatic rings. The Kier molecular flexibility index (Phi) is 4.84. The molecule has 4 heterocycles. The number of para-hydroxylation sites is 1. The fourth-order valence-corrected chi connectivity index (χ4v) is 5.12. The number of hydrogen-bond donors (Lipinski definition) is 0. The summed E-state index contributed by atoms with van der Waals surface area (Å²) in [6, 6.07) is 22.3. The largest absolute Gasteiger partial charge is 0.302 e. The molecule has 7 aromatic rings. The third-order valence-corrected chi connectivity index (χ3v) is 6.75. The number of rotatable bonds is 3. The van der Waals surface area contributed by atoms with Gasteiger partial charge in [-0.2, -0.15) is 0 Å². The summed E-state index contributed by atoms with van der Waals surface area (Å²) in [7, 11) is 0. The van der Waals surface area contributed by atoms with Gasteiger partial charge in [0.25, 0.3) is 0 Å². The summed E-state index contributed by atoms with van der Waals surface area (Å²) in [5, 5.41) is 1.31. The summed E-state index contributed by atoms with van der Waals surface area (Å²) >= 11 is 0. The van der Waals surface area contributed by atoms with Crippen molar-refractivity contribution in [1.29, 1.82) is 0 Å². The standard InChI is InChI=1S/C30H16F4N4/c31-24-23(29-28(17-8-2-1-3-9-17)36-22-12-6-7-15-37(22)29)25(32)27(34)30(26(24)33)38-20-11-5-4-10-18(20)19-13-14-35-16-21(19)38/h1-16H. The smallest absolute Gasteiger partial charge is 0.186 e. The molecule has 0 atom stereocenters. The van der Waals surface area contributed by atoms with Crippen LogP contribution in [0.4, 0.5) is 17.6 Å². The van der Waals surface area contributed by atoms with Gasteiger partial charge >= 0.3 is 0 Å². The Hall–Kier alpha value is -4.98. The zero-order valence-corrected chi connectivity index (χ0v) is 19.5. The van der Waals surface area contributed by atoms with Crippen molar-refractivity contribution in [3.8, 4) is 28.2 Å². The Labute approximate surface area is 213 Å². The highest BCUT2D eigenvalue weighted by Gasteiger charge is 2.32. The van der Waals surface area contributed by atoms with Crippen molar-refractivity contribution >= 4 is 27.5 Å². The van der Waals surface area contributed by atoms with Crippen LogP contribution in [0.1, 0.15) is 0 Å². The number of nitrogens with zero attached hydrogens (tertiary/aromatic N) is 4. The predicted molar refractivity (Wildman–Crippen MR) is 138 cm³/mol. The number of hydrogen-bond acceptors (Lipinski definition) is 2. The highest BCUT2D eigenvalue weighted by atomic mass is 19.2. The molecule has 0 unspecified atom stereocenters. The lowest BCUT2D eigenvalue weighted by Crippen LogP contribution is -2.10. The van der Waals surface area contributed by atoms with Gasteiger partial charge < -0.3 is 4.57 Å². The first-order valence-electron chi connectivity index (χ1n) is 11.8. The summed E-state index contributed by atoms with van der Waals surface area (Å²) in [6.45, 7) is 0. The second-order valence-electron chi connectivity index (χ2n) is 8.83. The van der Waals surface area contributed by atoms with Gasteiger partial charge in [0, 0.05) is 28.7 Å². The Morgan fingerprint density at radius 2 is 1.32 bits per heavy atom. The van der Waals surface area contributed by atoms with Crippen molar-refractivity contribution in [2.45, 2.75) is 0 Å². The van der Waals surface area contributed by atoms with E-state index in [-0.39, 0.29) is 11.4 Å². The van der Waals surface area contributed by atoms with Crippen molar-refractivity contribution in [1.82, 2.24) is 18.9 Å². The van der Waals surface area contributed by atoms with Crippen LogP contribution < -0.4 is 0 Å². The Morgan fingerprint density at radius 1 is 0.632 bits per heavy atom. The average Bonchev–Trinajstić information content (AvgIpc) is 3.50. The number of benzene rings is 3. The molecule has 38 heavy (non-hydrogen) atoms. The molecular weight excluding hydrogens is 492 g/mol. The fourth-order valence-electron chi connectivity index (χ4n) is 5.12. The van der Waals surface area contributed by atoms with Gasteiger partial charge in [-0.25, -0.2) is 22.5 Å². The zero-order chi connectivity index (χ0) is 26.0. The monoisotopic (exact) mass is 508 g/mol. The molecule has 0 saturated carbocycles. The van der Waals surface area contributed by atoms with E-state index in [0.717, 1.165) is 0 Å². The Morgan fingerprint density at radius 3 is 2.11 bits per heavy atom. The molecular formula is C30H16F4N4. The lowest BCUT2D eigenvalue weighted by atomic mass is 10.0. The molecule has 0 aliphatic carbocycles. The van der Waals surface area contributed by atoms with Gasteiger partial charge in [0.2, 0.25) is 0 Å². The second-order valence-corrected chi connectivity index (χ2v) is 8.83. The lowest BCUT2D eigenvalue weighted by molar-refractivity contribution is 0.453. The molecule has 4 nitrogen and oxygen atoms in total. The topological polar surface area (TPSA) is 35.1 Å². The third-order valence-electron chi connectivity index (χ3n) is 6.75. The third kappa shape index (κ3) is 3.03. The van der Waals surface area contributed by atoms with Crippen LogP contribution in [0.2, 0.25) is 0 Å². The van der Waals surface area contributed by atoms with Crippen LogP contribution in [-0.4, -0.2) is 18.9 Å². The molecule has 8 heteroatoms. The van der Waals surface area contributed by atoms with E-state index in [1.165, 1.54) is 15.2 Å². The van der Waals surface area contributed by atoms with E-state index in [1.807, 2.05) is 0 Å². The van der Waals surface area contributed by atoms with Gasteiger partial charge in [-0.15, -0.1) is 0 Å². The number of imidazole rings is 1. The Balaban J connectivity index is 1.59. The molecule has 184 valence electrons. The molecule has 0 saturated heterocycles. The second kappa shape index (κ2) is 8.27. The highest BCUT2D eigenvalue weighted by molar-refractivity contribution is 6.09. The first-order valence-corrected chi connectivity index (χ1v) is 11.8. The van der Waals surface area contributed by atoms with Gasteiger partial charge in [-0.05, 0) is 24.3 Å². The van der Waals surface area contributed by atoms with Crippen molar-refractivity contribution in [3.63, 3.8) is 0 Å². The van der Waals surface area contributed by atoms with Crippen molar-refractivity contribution in [3.05, 3.63) is 121 Å². The average molecular weight is 508 g/mol. The van der Waals surface area contributed by atoms with E-state index < -0.39 is 34.5 Å². The summed E-state index contributed by atoms with van der Waals surface area (Å²) < 4.78 is 66.6. The molecule has 0 bridgehead atoms. The van der Waals surface area contributed by atoms with E-state index >= 15 is 17.6 Å². The van der Waals surface area contributed by atoms with Crippen molar-refractivity contribution in [2.24, 2.45) is 0 Å². The zero-order valence-electron chi connectivity index (χ0n) is 19.5. The van der Waals surface area contributed by atoms with Crippen LogP contribution in [-0.2, 0) is 0 Å². The molecule has 7 rings (SSSR count). The van der Waals surface area contributed by atoms with E-state index in [4.69, 9.17) is 0 Å². The molecule has 0 N–H and O–H groups in total. The number of aromatic nitrogens is 4. The van der Waals surface area contributed by atoms with Crippen molar-refractivity contribution < 1.29 is 17.6 Å². The van der Waals surface area contributed by atoms with Crippen LogP contribution in [0.5, 0.6) is 0 Å². The molecule has 0 radical (unpaired) electrons. The first-order chi connectivity index (χ1) is 18.6. The minimum absolute atomic E-state index is 0.0879. The number of pyridine rings is 2. The van der Waals surface area contributed by atoms with Gasteiger partial charge in [0.15, 0.2) is 23.3 Å². The SMILES string of the molecule is Fc1c(F)c(-n2c3ccccc3c3ccncc32)c(F)c(F)c1-c1c(-c2ccccc2)nc2ccccn12. The Bertz CT molecular complexity index is 1940. The van der Waals surface area contributed by atoms with E-state index in [0.29, 0.717) is 33.0 Å². The molecule has 0 aliphatic heterocycles. The van der Waals surface area contributed by atoms with Gasteiger partial charge in [0.05, 0.1) is 34.2 Å². The molecule has 0 amide bonds. The summed E-state index contributed by atoms with van der Waals surface area (Å²) in [6.07, 6.45) is 4.51. The maximum atomic E-state index is 16.0. The van der Waals surface area contributed by atoms with E-state index in [2.05, 4.69) is 9.97 Å². The molecule has 0 spiro atoms. The van der Waals surface area contributed by atoms with Crippen LogP contribution in [0.15, 0.2) is 97.5 Å². The fraction of sp³-hybridized carbons (Fsp3) is 0. The maximum absolute atomic E-state index is 16.0. The van der Waals surface area contributed by atoms with Crippen LogP contribution >= 0.6 is 0 Å². The van der Waals surface area contributed by atoms with Crippen LogP contribution in [0.25, 0.3) is 55.7 Å². The molecule has 3 aromatic carbocycles. The highest BCUT2D eigenvalue weighted by Crippen LogP contribution is 2.41. The van der Waals surface area contributed by atoms with E-state index in [9.17, 15) is 0 Å². The minimum atomic E-state index is -1.52. The van der Waals surface area contributed by atoms with E-state index in [1.54, 1.807) is 91.3 Å². The first kappa shape index (κ1) is 22.2. The van der Waals surface area contributed by atoms with Gasteiger partial charge in [0.1, 0.15) is 11.3 Å². The summed E-state index contributed by atoms with van der Waals surface area (Å²) in [5.41, 5.74) is 0.0508. The molecule has 0 fully saturated rings. The van der Waals surface area contributed by atoms with Gasteiger partial charge in [-0.1, -0.05) is 54.6 Å². The van der Waals surface area contributed by atoms with Gasteiger partial charge in [-0.3, -0.25) is 9.38 Å². The minimum Gasteiger partial charge on any atom is -0.302 e. The number of halogens is 4. The lowest BCUT2D eigenvalue weighted by Gasteiger charge is -2.15. The predicted octanol–water partition coefficient (Wildman–Crippen LogP) is 7.72. The normalized spacial score (nSPS) is 11.7. The molecule has 4 aromatic heterocycles. The maximum Gasteiger partial charge on any atom is 0.186 e. The van der Waals surface area contributed by atoms with Crippen molar-refractivity contribution in [2.75, 3.05) is 0 Å². The summed E-state index contributed by atoms with van der Waals surface area (Å²) in [4.78, 5) is 8.60. The van der Waals surface area contributed by atoms with Crippen LogP contribution in [0, 0.1) is 23.3 Å².